The van der Waals surface area contributed by atoms with Gasteiger partial charge in [-0.2, -0.15) is 0 Å². The summed E-state index contributed by atoms with van der Waals surface area (Å²) in [7, 11) is 0. The standard InChI is InChI=1S/C24H33Cl/c1-14(2)18-12-21(17(7)8)24(22(25)13-18)23-19(15(3)4)10-9-11-20(23)16(5)6/h9-17H,1-8H3. The Morgan fingerprint density at radius 2 is 1.08 bits per heavy atom. The van der Waals surface area contributed by atoms with Gasteiger partial charge in [-0.05, 0) is 57.6 Å². The largest absolute Gasteiger partial charge is 0.0836 e. The molecule has 0 aromatic heterocycles. The lowest BCUT2D eigenvalue weighted by atomic mass is 9.80. The van der Waals surface area contributed by atoms with Crippen LogP contribution in [-0.2, 0) is 0 Å². The van der Waals surface area contributed by atoms with Crippen LogP contribution >= 0.6 is 11.6 Å². The second-order valence-corrected chi connectivity index (χ2v) is 8.80. The first-order valence-electron chi connectivity index (χ1n) is 9.61. The van der Waals surface area contributed by atoms with Crippen LogP contribution in [0.15, 0.2) is 30.3 Å². The number of rotatable bonds is 5. The predicted octanol–water partition coefficient (Wildman–Crippen LogP) is 8.50. The summed E-state index contributed by atoms with van der Waals surface area (Å²) in [5.74, 6) is 1.85. The first kappa shape index (κ1) is 20.0. The van der Waals surface area contributed by atoms with E-state index in [4.69, 9.17) is 11.6 Å². The van der Waals surface area contributed by atoms with Crippen LogP contribution in [-0.4, -0.2) is 0 Å². The fourth-order valence-electron chi connectivity index (χ4n) is 3.54. The minimum absolute atomic E-state index is 0.437. The zero-order valence-corrected chi connectivity index (χ0v) is 17.8. The van der Waals surface area contributed by atoms with E-state index in [0.29, 0.717) is 23.7 Å². The van der Waals surface area contributed by atoms with E-state index in [0.717, 1.165) is 5.02 Å². The van der Waals surface area contributed by atoms with E-state index in [1.165, 1.54) is 33.4 Å². The monoisotopic (exact) mass is 356 g/mol. The van der Waals surface area contributed by atoms with Crippen LogP contribution in [0.5, 0.6) is 0 Å². The molecule has 1 heteroatoms. The van der Waals surface area contributed by atoms with Gasteiger partial charge in [0.25, 0.3) is 0 Å². The molecule has 25 heavy (non-hydrogen) atoms. The zero-order valence-electron chi connectivity index (χ0n) is 17.1. The van der Waals surface area contributed by atoms with Gasteiger partial charge in [-0.1, -0.05) is 91.3 Å². The molecule has 0 saturated carbocycles. The van der Waals surface area contributed by atoms with Crippen molar-refractivity contribution in [1.29, 1.82) is 0 Å². The van der Waals surface area contributed by atoms with Crippen molar-refractivity contribution in [3.05, 3.63) is 57.6 Å². The third-order valence-corrected chi connectivity index (χ3v) is 5.35. The molecule has 0 unspecified atom stereocenters. The molecule has 0 fully saturated rings. The highest BCUT2D eigenvalue weighted by Gasteiger charge is 2.22. The van der Waals surface area contributed by atoms with E-state index in [1.54, 1.807) is 0 Å². The molecule has 0 atom stereocenters. The minimum Gasteiger partial charge on any atom is -0.0836 e. The van der Waals surface area contributed by atoms with Crippen LogP contribution in [0, 0.1) is 0 Å². The van der Waals surface area contributed by atoms with Crippen molar-refractivity contribution >= 4 is 11.6 Å². The summed E-state index contributed by atoms with van der Waals surface area (Å²) in [4.78, 5) is 0. The van der Waals surface area contributed by atoms with Gasteiger partial charge in [0, 0.05) is 10.6 Å². The average molecular weight is 357 g/mol. The molecule has 2 aromatic carbocycles. The highest BCUT2D eigenvalue weighted by Crippen LogP contribution is 2.44. The van der Waals surface area contributed by atoms with Gasteiger partial charge in [-0.25, -0.2) is 0 Å². The third-order valence-electron chi connectivity index (χ3n) is 5.05. The van der Waals surface area contributed by atoms with Crippen molar-refractivity contribution in [3.63, 3.8) is 0 Å². The molecular weight excluding hydrogens is 324 g/mol. The molecular formula is C24H33Cl. The van der Waals surface area contributed by atoms with E-state index in [-0.39, 0.29) is 0 Å². The normalized spacial score (nSPS) is 12.0. The summed E-state index contributed by atoms with van der Waals surface area (Å²) < 4.78 is 0. The summed E-state index contributed by atoms with van der Waals surface area (Å²) in [5, 5.41) is 0.893. The van der Waals surface area contributed by atoms with Crippen molar-refractivity contribution in [2.75, 3.05) is 0 Å². The van der Waals surface area contributed by atoms with Crippen molar-refractivity contribution in [3.8, 4) is 11.1 Å². The molecule has 0 aliphatic rings. The Bertz CT molecular complexity index is 710. The molecule has 0 heterocycles. The van der Waals surface area contributed by atoms with Crippen LogP contribution in [0.4, 0.5) is 0 Å². The van der Waals surface area contributed by atoms with E-state index >= 15 is 0 Å². The Labute approximate surface area is 159 Å². The van der Waals surface area contributed by atoms with Gasteiger partial charge in [-0.3, -0.25) is 0 Å². The van der Waals surface area contributed by atoms with Crippen molar-refractivity contribution in [2.24, 2.45) is 0 Å². The molecule has 0 N–H and O–H groups in total. The number of hydrogen-bond acceptors (Lipinski definition) is 0. The number of benzene rings is 2. The van der Waals surface area contributed by atoms with Crippen molar-refractivity contribution in [1.82, 2.24) is 0 Å². The summed E-state index contributed by atoms with van der Waals surface area (Å²) in [6, 6.07) is 11.3. The van der Waals surface area contributed by atoms with Crippen molar-refractivity contribution < 1.29 is 0 Å². The number of hydrogen-bond donors (Lipinski definition) is 0. The third kappa shape index (κ3) is 4.11. The SMILES string of the molecule is CC(C)c1cc(Cl)c(-c2c(C(C)C)cccc2C(C)C)c(C(C)C)c1. The van der Waals surface area contributed by atoms with Gasteiger partial charge < -0.3 is 0 Å². The van der Waals surface area contributed by atoms with Crippen LogP contribution in [0.1, 0.15) is 101 Å². The maximum absolute atomic E-state index is 6.91. The second kappa shape index (κ2) is 7.96. The summed E-state index contributed by atoms with van der Waals surface area (Å²) in [6.07, 6.45) is 0. The fourth-order valence-corrected chi connectivity index (χ4v) is 3.87. The predicted molar refractivity (Wildman–Crippen MR) is 113 cm³/mol. The van der Waals surface area contributed by atoms with Crippen molar-refractivity contribution in [2.45, 2.75) is 79.1 Å². The van der Waals surface area contributed by atoms with Crippen LogP contribution < -0.4 is 0 Å². The maximum atomic E-state index is 6.91. The van der Waals surface area contributed by atoms with Gasteiger partial charge in [0.05, 0.1) is 0 Å². The van der Waals surface area contributed by atoms with E-state index in [2.05, 4.69) is 85.7 Å². The van der Waals surface area contributed by atoms with Gasteiger partial charge in [0.15, 0.2) is 0 Å². The van der Waals surface area contributed by atoms with Gasteiger partial charge in [0.1, 0.15) is 0 Å². The zero-order chi connectivity index (χ0) is 18.9. The molecule has 0 bridgehead atoms. The fraction of sp³-hybridized carbons (Fsp3) is 0.500. The highest BCUT2D eigenvalue weighted by molar-refractivity contribution is 6.33. The first-order valence-corrected chi connectivity index (χ1v) is 9.99. The molecule has 2 rings (SSSR count). The van der Waals surface area contributed by atoms with Gasteiger partial charge in [0.2, 0.25) is 0 Å². The Hall–Kier alpha value is -1.27. The molecule has 2 aromatic rings. The van der Waals surface area contributed by atoms with Gasteiger partial charge in [-0.15, -0.1) is 0 Å². The lowest BCUT2D eigenvalue weighted by Gasteiger charge is -2.25. The average Bonchev–Trinajstić information content (AvgIpc) is 2.52. The molecule has 0 saturated heterocycles. The Kier molecular flexibility index (Phi) is 6.38. The molecule has 0 aliphatic heterocycles. The molecule has 0 amide bonds. The van der Waals surface area contributed by atoms with E-state index in [1.807, 2.05) is 0 Å². The first-order chi connectivity index (χ1) is 11.6. The van der Waals surface area contributed by atoms with E-state index < -0.39 is 0 Å². The molecule has 0 radical (unpaired) electrons. The minimum atomic E-state index is 0.437. The van der Waals surface area contributed by atoms with Crippen LogP contribution in [0.2, 0.25) is 5.02 Å². The second-order valence-electron chi connectivity index (χ2n) is 8.40. The van der Waals surface area contributed by atoms with E-state index in [9.17, 15) is 0 Å². The maximum Gasteiger partial charge on any atom is 0.0490 e. The van der Waals surface area contributed by atoms with Gasteiger partial charge >= 0.3 is 0 Å². The molecule has 0 aliphatic carbocycles. The summed E-state index contributed by atoms with van der Waals surface area (Å²) in [6.45, 7) is 18.1. The van der Waals surface area contributed by atoms with Crippen LogP contribution in [0.25, 0.3) is 11.1 Å². The highest BCUT2D eigenvalue weighted by atomic mass is 35.5. The topological polar surface area (TPSA) is 0 Å². The quantitative estimate of drug-likeness (QED) is 0.503. The summed E-state index contributed by atoms with van der Waals surface area (Å²) in [5.41, 5.74) is 8.09. The lowest BCUT2D eigenvalue weighted by molar-refractivity contribution is 0.823. The number of halogens is 1. The smallest absolute Gasteiger partial charge is 0.0490 e. The Morgan fingerprint density at radius 3 is 1.48 bits per heavy atom. The molecule has 0 spiro atoms. The van der Waals surface area contributed by atoms with Crippen LogP contribution in [0.3, 0.4) is 0 Å². The lowest BCUT2D eigenvalue weighted by Crippen LogP contribution is -2.04. The molecule has 0 nitrogen and oxygen atoms in total. The summed E-state index contributed by atoms with van der Waals surface area (Å²) >= 11 is 6.91. The molecule has 136 valence electrons. The Balaban J connectivity index is 2.91. The Morgan fingerprint density at radius 1 is 0.600 bits per heavy atom.